The number of hydrogen-bond acceptors (Lipinski definition) is 5. The molecule has 0 aliphatic rings. The lowest BCUT2D eigenvalue weighted by atomic mass is 9.96. The Balaban J connectivity index is 1.12. The summed E-state index contributed by atoms with van der Waals surface area (Å²) in [6, 6.07) is 64.6. The first-order chi connectivity index (χ1) is 41.0. The van der Waals surface area contributed by atoms with Crippen molar-refractivity contribution in [1.29, 1.82) is 10.5 Å². The third-order valence-corrected chi connectivity index (χ3v) is 14.9. The number of alkyl halides is 3. The van der Waals surface area contributed by atoms with E-state index in [2.05, 4.69) is 30.0 Å². The molecule has 13 rings (SSSR count). The minimum absolute atomic E-state index is 0.112. The van der Waals surface area contributed by atoms with Crippen molar-refractivity contribution in [2.75, 3.05) is 0 Å². The first-order valence-electron chi connectivity index (χ1n) is 26.0. The van der Waals surface area contributed by atoms with Crippen LogP contribution < -0.4 is 0 Å². The number of fused-ring (bicyclic) bond motifs is 6. The lowest BCUT2D eigenvalue weighted by molar-refractivity contribution is -0.137. The van der Waals surface area contributed by atoms with Gasteiger partial charge in [-0.05, 0) is 89.5 Å². The van der Waals surface area contributed by atoms with Gasteiger partial charge in [-0.2, -0.15) is 23.7 Å². The Labute approximate surface area is 477 Å². The highest BCUT2D eigenvalue weighted by Gasteiger charge is 2.33. The van der Waals surface area contributed by atoms with Gasteiger partial charge in [-0.25, -0.2) is 34.3 Å². The number of benzene rings is 10. The lowest BCUT2D eigenvalue weighted by Gasteiger charge is -2.21. The maximum Gasteiger partial charge on any atom is 0.416 e. The largest absolute Gasteiger partial charge is 0.416 e. The van der Waals surface area contributed by atoms with Crippen LogP contribution in [0.3, 0.4) is 0 Å². The number of para-hydroxylation sites is 2. The summed E-state index contributed by atoms with van der Waals surface area (Å²) in [6.45, 7) is 31.8. The highest BCUT2D eigenvalue weighted by molar-refractivity contribution is 6.14. The molecular formula is C70H34F3N11. The van der Waals surface area contributed by atoms with Gasteiger partial charge in [0.2, 0.25) is 0 Å². The van der Waals surface area contributed by atoms with Crippen molar-refractivity contribution in [3.63, 3.8) is 0 Å². The molecule has 0 fully saturated rings. The quantitative estimate of drug-likeness (QED) is 0.141. The minimum atomic E-state index is -4.77. The van der Waals surface area contributed by atoms with Crippen molar-refractivity contribution in [2.45, 2.75) is 6.18 Å². The summed E-state index contributed by atoms with van der Waals surface area (Å²) in [7, 11) is 0. The van der Waals surface area contributed by atoms with Gasteiger partial charge < -0.3 is 9.13 Å². The average molecular weight is 1090 g/mol. The van der Waals surface area contributed by atoms with E-state index < -0.39 is 11.7 Å². The predicted octanol–water partition coefficient (Wildman–Crippen LogP) is 19.0. The molecular weight excluding hydrogens is 1050 g/mol. The molecule has 3 aromatic heterocycles. The summed E-state index contributed by atoms with van der Waals surface area (Å²) in [5.41, 5.74) is 8.04. The highest BCUT2D eigenvalue weighted by atomic mass is 19.4. The zero-order valence-electron chi connectivity index (χ0n) is 43.7. The second-order valence-corrected chi connectivity index (χ2v) is 19.6. The second kappa shape index (κ2) is 20.3. The molecule has 0 amide bonds. The summed E-state index contributed by atoms with van der Waals surface area (Å²) >= 11 is 0. The number of halogens is 3. The molecule has 0 unspecified atom stereocenters. The van der Waals surface area contributed by atoms with Gasteiger partial charge in [0.25, 0.3) is 0 Å². The fourth-order valence-electron chi connectivity index (χ4n) is 11.2. The lowest BCUT2D eigenvalue weighted by Crippen LogP contribution is -2.08. The molecule has 0 bridgehead atoms. The summed E-state index contributed by atoms with van der Waals surface area (Å²) in [5.74, 6) is 1.17. The van der Waals surface area contributed by atoms with E-state index in [1.54, 1.807) is 12.1 Å². The highest BCUT2D eigenvalue weighted by Crippen LogP contribution is 2.48. The van der Waals surface area contributed by atoms with E-state index in [9.17, 15) is 10.5 Å². The van der Waals surface area contributed by atoms with Crippen molar-refractivity contribution in [3.8, 4) is 91.1 Å². The van der Waals surface area contributed by atoms with E-state index >= 15 is 13.2 Å². The minimum Gasteiger partial charge on any atom is -0.309 e. The van der Waals surface area contributed by atoms with Crippen LogP contribution in [0.15, 0.2) is 206 Å². The Morgan fingerprint density at radius 3 is 1.35 bits per heavy atom. The van der Waals surface area contributed by atoms with E-state index in [1.807, 2.05) is 162 Å². The van der Waals surface area contributed by atoms with E-state index in [0.29, 0.717) is 89.4 Å². The average Bonchev–Trinajstić information content (AvgIpc) is 2.27. The number of aromatic nitrogens is 5. The Hall–Kier alpha value is -12.5. The molecule has 10 aromatic carbocycles. The SMILES string of the molecule is [C-]#[N+]c1cc(C#N)c(-c2ccc3c(c2)c2ccccc2n3-c2cc(-c3nc(-c4ccccc4)nc(-c4ccccc4)n3)ccc2-c2ccc(C(F)(F)F)cc2-n2c3ccccc3c3cc(-c4c([N+]#[C-])cc(C#N)cc4[N+]#[C-])ccc32)c([N+]#[C-])c1. The van der Waals surface area contributed by atoms with Crippen molar-refractivity contribution >= 4 is 66.4 Å². The molecule has 0 saturated heterocycles. The van der Waals surface area contributed by atoms with Gasteiger partial charge >= 0.3 is 6.18 Å². The fourth-order valence-corrected chi connectivity index (χ4v) is 11.2. The zero-order chi connectivity index (χ0) is 57.8. The molecule has 0 radical (unpaired) electrons. The fraction of sp³-hybridized carbons (Fsp3) is 0.0143. The molecule has 0 N–H and O–H groups in total. The number of nitriles is 2. The molecule has 13 aromatic rings. The Morgan fingerprint density at radius 2 is 0.845 bits per heavy atom. The van der Waals surface area contributed by atoms with Crippen LogP contribution in [0.5, 0.6) is 0 Å². The van der Waals surface area contributed by atoms with Gasteiger partial charge in [0, 0.05) is 66.1 Å². The molecule has 11 nitrogen and oxygen atoms in total. The van der Waals surface area contributed by atoms with Crippen LogP contribution in [0.25, 0.3) is 142 Å². The van der Waals surface area contributed by atoms with Gasteiger partial charge in [-0.15, -0.1) is 0 Å². The van der Waals surface area contributed by atoms with Gasteiger partial charge in [0.05, 0.1) is 77.4 Å². The molecule has 3 heterocycles. The van der Waals surface area contributed by atoms with Crippen LogP contribution in [0, 0.1) is 49.0 Å². The monoisotopic (exact) mass is 1090 g/mol. The second-order valence-electron chi connectivity index (χ2n) is 19.6. The summed E-state index contributed by atoms with van der Waals surface area (Å²) in [6.07, 6.45) is -4.77. The van der Waals surface area contributed by atoms with E-state index in [4.69, 9.17) is 41.2 Å². The number of hydrogen-bond donors (Lipinski definition) is 0. The molecule has 0 spiro atoms. The molecule has 0 saturated carbocycles. The third-order valence-electron chi connectivity index (χ3n) is 14.9. The van der Waals surface area contributed by atoms with Crippen molar-refractivity contribution < 1.29 is 13.2 Å². The molecule has 84 heavy (non-hydrogen) atoms. The predicted molar refractivity (Wildman–Crippen MR) is 321 cm³/mol. The zero-order valence-corrected chi connectivity index (χ0v) is 43.7. The molecule has 14 heteroatoms. The van der Waals surface area contributed by atoms with E-state index in [1.165, 1.54) is 30.3 Å². The molecule has 0 atom stereocenters. The molecule has 0 aliphatic carbocycles. The van der Waals surface area contributed by atoms with E-state index in [0.717, 1.165) is 39.5 Å². The van der Waals surface area contributed by atoms with Crippen molar-refractivity contribution in [1.82, 2.24) is 24.1 Å². The van der Waals surface area contributed by atoms with Crippen LogP contribution >= 0.6 is 0 Å². The van der Waals surface area contributed by atoms with Crippen LogP contribution in [0.2, 0.25) is 0 Å². The Morgan fingerprint density at radius 1 is 0.393 bits per heavy atom. The maximum atomic E-state index is 15.4. The maximum absolute atomic E-state index is 15.4. The summed E-state index contributed by atoms with van der Waals surface area (Å²) in [4.78, 5) is 29.8. The van der Waals surface area contributed by atoms with E-state index in [-0.39, 0.29) is 39.6 Å². The van der Waals surface area contributed by atoms with Gasteiger partial charge in [0.15, 0.2) is 40.2 Å². The first-order valence-corrected chi connectivity index (χ1v) is 26.0. The number of rotatable bonds is 8. The third kappa shape index (κ3) is 8.54. The smallest absolute Gasteiger partial charge is 0.309 e. The Kier molecular flexibility index (Phi) is 12.3. The Bertz CT molecular complexity index is 5080. The van der Waals surface area contributed by atoms with Gasteiger partial charge in [-0.3, -0.25) is 0 Å². The van der Waals surface area contributed by atoms with Crippen LogP contribution in [-0.4, -0.2) is 24.1 Å². The standard InChI is InChI=1S/C70H34F3N11/c1-76-49-33-47(40-75)65(58(38-49)79-4)44-24-29-61-54(34-44)50-19-11-13-21-59(50)83(61)63-36-46(69-81-67(42-15-7-5-8-16-42)80-68(82-69)43-17-9-6-10-18-43)23-27-52(63)53-28-26-48(70(71,72)73)37-64(53)84-60-22-14-12-20-51(60)55-35-45(25-30-62(55)84)66-56(77-2)31-41(39-74)32-57(66)78-3/h5-38H. The summed E-state index contributed by atoms with van der Waals surface area (Å²) < 4.78 is 49.9. The number of nitrogens with zero attached hydrogens (tertiary/aromatic N) is 11. The van der Waals surface area contributed by atoms with Crippen molar-refractivity contribution in [3.05, 3.63) is 269 Å². The van der Waals surface area contributed by atoms with Crippen LogP contribution in [-0.2, 0) is 6.18 Å². The summed E-state index contributed by atoms with van der Waals surface area (Å²) in [5, 5.41) is 23.0. The van der Waals surface area contributed by atoms with Crippen molar-refractivity contribution in [2.24, 2.45) is 0 Å². The molecule has 390 valence electrons. The van der Waals surface area contributed by atoms with Gasteiger partial charge in [0.1, 0.15) is 0 Å². The van der Waals surface area contributed by atoms with Crippen LogP contribution in [0.1, 0.15) is 16.7 Å². The topological polar surface area (TPSA) is 114 Å². The normalized spacial score (nSPS) is 11.2. The molecule has 0 aliphatic heterocycles. The van der Waals surface area contributed by atoms with Gasteiger partial charge in [-0.1, -0.05) is 133 Å². The first kappa shape index (κ1) is 51.0. The van der Waals surface area contributed by atoms with Crippen LogP contribution in [0.4, 0.5) is 35.9 Å².